The molecule has 0 radical (unpaired) electrons. The van der Waals surface area contributed by atoms with Gasteiger partial charge in [0.2, 0.25) is 0 Å². The molecule has 3 rings (SSSR count). The van der Waals surface area contributed by atoms with E-state index >= 15 is 0 Å². The van der Waals surface area contributed by atoms with Crippen molar-refractivity contribution >= 4 is 22.2 Å². The first-order valence-electron chi connectivity index (χ1n) is 5.19. The Morgan fingerprint density at radius 3 is 3.00 bits per heavy atom. The van der Waals surface area contributed by atoms with Crippen molar-refractivity contribution in [3.63, 3.8) is 0 Å². The average molecular weight is 239 g/mol. The fourth-order valence-electron chi connectivity index (χ4n) is 2.05. The minimum Gasteiger partial charge on any atom is -0.350 e. The lowest BCUT2D eigenvalue weighted by molar-refractivity contribution is 0.969. The number of aryl methyl sites for hydroxylation is 1. The topological polar surface area (TPSA) is 41.6 Å². The fraction of sp³-hybridized carbons (Fsp3) is 0.0769. The maximum atomic E-state index is 9.06. The number of fused-ring (bicyclic) bond motifs is 1. The van der Waals surface area contributed by atoms with Gasteiger partial charge in [0.1, 0.15) is 16.6 Å². The van der Waals surface area contributed by atoms with Gasteiger partial charge in [0, 0.05) is 29.7 Å². The molecule has 0 aliphatic heterocycles. The molecule has 3 nitrogen and oxygen atoms in total. The number of thiazole rings is 1. The Hall–Kier alpha value is -2.12. The Morgan fingerprint density at radius 1 is 1.35 bits per heavy atom. The molecule has 0 unspecified atom stereocenters. The zero-order valence-electron chi connectivity index (χ0n) is 9.21. The number of aromatic nitrogens is 2. The minimum atomic E-state index is 0.668. The van der Waals surface area contributed by atoms with Gasteiger partial charge in [-0.3, -0.25) is 0 Å². The summed E-state index contributed by atoms with van der Waals surface area (Å²) in [4.78, 5) is 4.97. The van der Waals surface area contributed by atoms with Crippen LogP contribution in [0.4, 0.5) is 0 Å². The van der Waals surface area contributed by atoms with Crippen LogP contribution in [-0.4, -0.2) is 9.55 Å². The zero-order valence-corrected chi connectivity index (χ0v) is 10.0. The molecule has 82 valence electrons. The number of para-hydroxylation sites is 1. The number of nitrogens with zero attached hydrogens (tertiary/aromatic N) is 3. The number of nitriles is 1. The summed E-state index contributed by atoms with van der Waals surface area (Å²) >= 11 is 1.38. The van der Waals surface area contributed by atoms with Crippen LogP contribution < -0.4 is 0 Å². The van der Waals surface area contributed by atoms with Gasteiger partial charge in [0.25, 0.3) is 0 Å². The van der Waals surface area contributed by atoms with Gasteiger partial charge in [-0.15, -0.1) is 11.3 Å². The lowest BCUT2D eigenvalue weighted by Gasteiger charge is -1.94. The standard InChI is InChI=1S/C13H9N3S/c1-16-7-10(9-4-2-3-5-11(9)16)13-12(6-14)17-8-15-13/h2-5,7-8H,1H3. The first-order valence-corrected chi connectivity index (χ1v) is 6.07. The highest BCUT2D eigenvalue weighted by molar-refractivity contribution is 7.10. The van der Waals surface area contributed by atoms with Crippen LogP contribution in [0, 0.1) is 11.3 Å². The highest BCUT2D eigenvalue weighted by atomic mass is 32.1. The fourth-order valence-corrected chi connectivity index (χ4v) is 2.64. The van der Waals surface area contributed by atoms with E-state index in [1.165, 1.54) is 11.3 Å². The van der Waals surface area contributed by atoms with Crippen molar-refractivity contribution < 1.29 is 0 Å². The molecule has 0 amide bonds. The van der Waals surface area contributed by atoms with Crippen LogP contribution in [0.1, 0.15) is 4.88 Å². The molecular formula is C13H9N3S. The Bertz CT molecular complexity index is 731. The van der Waals surface area contributed by atoms with Crippen molar-refractivity contribution in [2.45, 2.75) is 0 Å². The van der Waals surface area contributed by atoms with Crippen LogP contribution in [0.2, 0.25) is 0 Å². The first kappa shape index (κ1) is 10.1. The second kappa shape index (κ2) is 3.72. The van der Waals surface area contributed by atoms with Gasteiger partial charge < -0.3 is 4.57 Å². The van der Waals surface area contributed by atoms with Crippen LogP contribution >= 0.6 is 11.3 Å². The summed E-state index contributed by atoms with van der Waals surface area (Å²) in [5, 5.41) is 10.2. The summed E-state index contributed by atoms with van der Waals surface area (Å²) < 4.78 is 2.06. The molecule has 0 aliphatic rings. The maximum Gasteiger partial charge on any atom is 0.132 e. The van der Waals surface area contributed by atoms with Crippen molar-refractivity contribution in [3.05, 3.63) is 40.8 Å². The van der Waals surface area contributed by atoms with Gasteiger partial charge in [-0.05, 0) is 6.07 Å². The molecule has 17 heavy (non-hydrogen) atoms. The molecule has 3 aromatic rings. The molecule has 0 saturated heterocycles. The van der Waals surface area contributed by atoms with Crippen LogP contribution in [0.3, 0.4) is 0 Å². The van der Waals surface area contributed by atoms with E-state index in [9.17, 15) is 0 Å². The van der Waals surface area contributed by atoms with Gasteiger partial charge in [-0.2, -0.15) is 5.26 Å². The van der Waals surface area contributed by atoms with Crippen molar-refractivity contribution in [3.8, 4) is 17.3 Å². The van der Waals surface area contributed by atoms with Gasteiger partial charge in [0.15, 0.2) is 0 Å². The number of rotatable bonds is 1. The van der Waals surface area contributed by atoms with Crippen molar-refractivity contribution in [1.82, 2.24) is 9.55 Å². The SMILES string of the molecule is Cn1cc(-c2ncsc2C#N)c2ccccc21. The molecule has 0 N–H and O–H groups in total. The summed E-state index contributed by atoms with van der Waals surface area (Å²) in [5.41, 5.74) is 4.69. The van der Waals surface area contributed by atoms with Gasteiger partial charge in [-0.1, -0.05) is 18.2 Å². The summed E-state index contributed by atoms with van der Waals surface area (Å²) in [6.07, 6.45) is 2.03. The van der Waals surface area contributed by atoms with E-state index in [0.29, 0.717) is 4.88 Å². The van der Waals surface area contributed by atoms with E-state index in [1.807, 2.05) is 25.4 Å². The molecule has 0 atom stereocenters. The minimum absolute atomic E-state index is 0.668. The van der Waals surface area contributed by atoms with Crippen LogP contribution in [0.25, 0.3) is 22.2 Å². The Labute approximate surface area is 103 Å². The van der Waals surface area contributed by atoms with E-state index < -0.39 is 0 Å². The summed E-state index contributed by atoms with van der Waals surface area (Å²) in [6, 6.07) is 10.3. The van der Waals surface area contributed by atoms with E-state index in [-0.39, 0.29) is 0 Å². The molecule has 0 saturated carbocycles. The van der Waals surface area contributed by atoms with E-state index in [0.717, 1.165) is 22.2 Å². The molecule has 0 aliphatic carbocycles. The molecule has 2 heterocycles. The zero-order chi connectivity index (χ0) is 11.8. The maximum absolute atomic E-state index is 9.06. The second-order valence-corrected chi connectivity index (χ2v) is 4.67. The monoisotopic (exact) mass is 239 g/mol. The summed E-state index contributed by atoms with van der Waals surface area (Å²) in [5.74, 6) is 0. The first-order chi connectivity index (χ1) is 8.31. The number of hydrogen-bond donors (Lipinski definition) is 0. The smallest absolute Gasteiger partial charge is 0.132 e. The predicted molar refractivity (Wildman–Crippen MR) is 68.7 cm³/mol. The quantitative estimate of drug-likeness (QED) is 0.654. The van der Waals surface area contributed by atoms with E-state index in [4.69, 9.17) is 5.26 Å². The highest BCUT2D eigenvalue weighted by Crippen LogP contribution is 2.32. The van der Waals surface area contributed by atoms with Gasteiger partial charge >= 0.3 is 0 Å². The van der Waals surface area contributed by atoms with Crippen molar-refractivity contribution in [2.24, 2.45) is 7.05 Å². The Kier molecular flexibility index (Phi) is 2.20. The number of hydrogen-bond acceptors (Lipinski definition) is 3. The van der Waals surface area contributed by atoms with E-state index in [2.05, 4.69) is 27.8 Å². The van der Waals surface area contributed by atoms with Crippen molar-refractivity contribution in [2.75, 3.05) is 0 Å². The largest absolute Gasteiger partial charge is 0.350 e. The molecule has 0 bridgehead atoms. The summed E-state index contributed by atoms with van der Waals surface area (Å²) in [6.45, 7) is 0. The number of benzene rings is 1. The predicted octanol–water partition coefficient (Wildman–Crippen LogP) is 3.17. The summed E-state index contributed by atoms with van der Waals surface area (Å²) in [7, 11) is 2.00. The lowest BCUT2D eigenvalue weighted by atomic mass is 10.1. The van der Waals surface area contributed by atoms with Crippen LogP contribution in [0.15, 0.2) is 36.0 Å². The Balaban J connectivity index is 2.36. The van der Waals surface area contributed by atoms with Gasteiger partial charge in [-0.25, -0.2) is 4.98 Å². The molecular weight excluding hydrogens is 230 g/mol. The van der Waals surface area contributed by atoms with E-state index in [1.54, 1.807) is 5.51 Å². The van der Waals surface area contributed by atoms with Crippen LogP contribution in [-0.2, 0) is 7.05 Å². The second-order valence-electron chi connectivity index (χ2n) is 3.81. The normalized spacial score (nSPS) is 10.6. The molecule has 1 aromatic carbocycles. The third-order valence-electron chi connectivity index (χ3n) is 2.82. The van der Waals surface area contributed by atoms with Gasteiger partial charge in [0.05, 0.1) is 5.51 Å². The molecule has 4 heteroatoms. The Morgan fingerprint density at radius 2 is 2.18 bits per heavy atom. The molecule has 2 aromatic heterocycles. The average Bonchev–Trinajstić information content (AvgIpc) is 2.94. The van der Waals surface area contributed by atoms with Crippen LogP contribution in [0.5, 0.6) is 0 Å². The third kappa shape index (κ3) is 1.44. The van der Waals surface area contributed by atoms with Crippen molar-refractivity contribution in [1.29, 1.82) is 5.26 Å². The third-order valence-corrected chi connectivity index (χ3v) is 3.55. The molecule has 0 fully saturated rings. The lowest BCUT2D eigenvalue weighted by Crippen LogP contribution is -1.82. The molecule has 0 spiro atoms. The highest BCUT2D eigenvalue weighted by Gasteiger charge is 2.13.